The Balaban J connectivity index is 1.04. The van der Waals surface area contributed by atoms with Gasteiger partial charge in [-0.05, 0) is 53.4 Å². The van der Waals surface area contributed by atoms with Gasteiger partial charge in [0.05, 0.1) is 39.1 Å². The van der Waals surface area contributed by atoms with Crippen molar-refractivity contribution in [3.63, 3.8) is 0 Å². The predicted octanol–water partition coefficient (Wildman–Crippen LogP) is 14.4. The van der Waals surface area contributed by atoms with Crippen LogP contribution in [0.1, 0.15) is 0 Å². The van der Waals surface area contributed by atoms with Gasteiger partial charge in [0.15, 0.2) is 5.82 Å². The van der Waals surface area contributed by atoms with Crippen LogP contribution in [0, 0.1) is 0 Å². The minimum atomic E-state index is 0.686. The number of pyridine rings is 1. The van der Waals surface area contributed by atoms with Crippen molar-refractivity contribution >= 4 is 54.4 Å². The van der Waals surface area contributed by atoms with E-state index in [0.717, 1.165) is 78.0 Å². The van der Waals surface area contributed by atoms with Gasteiger partial charge in [-0.2, -0.15) is 5.10 Å². The Morgan fingerprint density at radius 1 is 0.339 bits per heavy atom. The summed E-state index contributed by atoms with van der Waals surface area (Å²) >= 11 is 0. The normalized spacial score (nSPS) is 11.9. The first-order valence-electron chi connectivity index (χ1n) is 21.0. The summed E-state index contributed by atoms with van der Waals surface area (Å²) in [5.41, 5.74) is 15.8. The van der Waals surface area contributed by atoms with Crippen LogP contribution in [0.25, 0.3) is 122 Å². The molecule has 5 nitrogen and oxygen atoms in total. The number of para-hydroxylation sites is 2. The molecule has 0 fully saturated rings. The first-order chi connectivity index (χ1) is 30.7. The molecule has 288 valence electrons. The highest BCUT2D eigenvalue weighted by molar-refractivity contribution is 6.24. The molecule has 13 rings (SSSR count). The van der Waals surface area contributed by atoms with Gasteiger partial charge in [-0.3, -0.25) is 0 Å². The molecule has 0 radical (unpaired) electrons. The summed E-state index contributed by atoms with van der Waals surface area (Å²) < 4.78 is 4.56. The number of rotatable bonds is 6. The minimum absolute atomic E-state index is 0.686. The Kier molecular flexibility index (Phi) is 7.54. The van der Waals surface area contributed by atoms with Gasteiger partial charge in [0.2, 0.25) is 0 Å². The zero-order valence-corrected chi connectivity index (χ0v) is 33.4. The average Bonchev–Trinajstić information content (AvgIpc) is 4.03. The Bertz CT molecular complexity index is 3760. The van der Waals surface area contributed by atoms with Crippen molar-refractivity contribution in [3.05, 3.63) is 212 Å². The molecule has 5 heterocycles. The predicted molar refractivity (Wildman–Crippen MR) is 256 cm³/mol. The van der Waals surface area contributed by atoms with Crippen LogP contribution in [0.2, 0.25) is 0 Å². The maximum absolute atomic E-state index is 5.46. The highest BCUT2D eigenvalue weighted by Crippen LogP contribution is 2.43. The number of aromatic nitrogens is 5. The standard InChI is InChI=1S/C57H35N5/c1-4-17-36(18-5-1)48-35-49(59-57(58-48)42-32-46-44-27-12-14-29-50(44)61-51-30-15-13-28-45(51)47(33-42)55(46)61)40-24-16-25-41(31-40)52-34-39-23-10-11-26-43(39)56-53(37-19-6-2-7-20-37)54(60-62(52)56)38-21-8-3-9-22-38/h1-35H. The van der Waals surface area contributed by atoms with E-state index in [1.807, 2.05) is 6.07 Å². The fourth-order valence-electron chi connectivity index (χ4n) is 9.67. The third kappa shape index (κ3) is 5.25. The van der Waals surface area contributed by atoms with Crippen LogP contribution in [0.5, 0.6) is 0 Å². The van der Waals surface area contributed by atoms with E-state index in [0.29, 0.717) is 5.82 Å². The smallest absolute Gasteiger partial charge is 0.160 e. The minimum Gasteiger partial charge on any atom is -0.308 e. The molecule has 8 aromatic carbocycles. The van der Waals surface area contributed by atoms with Crippen molar-refractivity contribution in [2.75, 3.05) is 0 Å². The third-order valence-electron chi connectivity index (χ3n) is 12.4. The summed E-state index contributed by atoms with van der Waals surface area (Å²) in [5, 5.41) is 12.6. The number of nitrogens with zero attached hydrogens (tertiary/aromatic N) is 5. The van der Waals surface area contributed by atoms with Gasteiger partial charge in [0.25, 0.3) is 0 Å². The van der Waals surface area contributed by atoms with Gasteiger partial charge < -0.3 is 4.40 Å². The molecule has 0 amide bonds. The largest absolute Gasteiger partial charge is 0.308 e. The fraction of sp³-hybridized carbons (Fsp3) is 0. The van der Waals surface area contributed by atoms with E-state index in [1.165, 1.54) is 38.1 Å². The monoisotopic (exact) mass is 789 g/mol. The molecule has 13 aromatic rings. The number of hydrogen-bond donors (Lipinski definition) is 0. The van der Waals surface area contributed by atoms with Crippen molar-refractivity contribution in [2.45, 2.75) is 0 Å². The molecule has 0 bridgehead atoms. The maximum atomic E-state index is 5.46. The highest BCUT2D eigenvalue weighted by Gasteiger charge is 2.23. The van der Waals surface area contributed by atoms with Crippen LogP contribution in [0.15, 0.2) is 212 Å². The quantitative estimate of drug-likeness (QED) is 0.169. The van der Waals surface area contributed by atoms with Crippen molar-refractivity contribution in [2.24, 2.45) is 0 Å². The topological polar surface area (TPSA) is 47.5 Å². The summed E-state index contributed by atoms with van der Waals surface area (Å²) in [6.45, 7) is 0. The van der Waals surface area contributed by atoms with Crippen molar-refractivity contribution < 1.29 is 0 Å². The molecular formula is C57H35N5. The molecule has 5 aromatic heterocycles. The van der Waals surface area contributed by atoms with E-state index >= 15 is 0 Å². The second-order valence-electron chi connectivity index (χ2n) is 16.0. The van der Waals surface area contributed by atoms with Crippen LogP contribution < -0.4 is 0 Å². The van der Waals surface area contributed by atoms with Crippen LogP contribution in [-0.2, 0) is 0 Å². The highest BCUT2D eigenvalue weighted by atomic mass is 15.2. The molecule has 5 heteroatoms. The van der Waals surface area contributed by atoms with Crippen LogP contribution >= 0.6 is 0 Å². The van der Waals surface area contributed by atoms with E-state index in [4.69, 9.17) is 15.1 Å². The van der Waals surface area contributed by atoms with Crippen LogP contribution in [0.3, 0.4) is 0 Å². The number of hydrogen-bond acceptors (Lipinski definition) is 3. The Morgan fingerprint density at radius 2 is 0.871 bits per heavy atom. The van der Waals surface area contributed by atoms with Gasteiger partial charge in [-0.25, -0.2) is 14.5 Å². The second-order valence-corrected chi connectivity index (χ2v) is 16.0. The first kappa shape index (κ1) is 34.5. The Hall–Kier alpha value is -8.41. The lowest BCUT2D eigenvalue weighted by Gasteiger charge is -2.13. The molecule has 0 aliphatic carbocycles. The zero-order chi connectivity index (χ0) is 40.7. The fourth-order valence-corrected chi connectivity index (χ4v) is 9.67. The molecule has 0 saturated heterocycles. The molecular weight excluding hydrogens is 755 g/mol. The molecule has 62 heavy (non-hydrogen) atoms. The lowest BCUT2D eigenvalue weighted by molar-refractivity contribution is 0.979. The third-order valence-corrected chi connectivity index (χ3v) is 12.4. The number of benzene rings is 8. The molecule has 0 aliphatic rings. The zero-order valence-electron chi connectivity index (χ0n) is 33.4. The van der Waals surface area contributed by atoms with Crippen molar-refractivity contribution in [3.8, 4) is 67.5 Å². The van der Waals surface area contributed by atoms with Crippen LogP contribution in [0.4, 0.5) is 0 Å². The Labute approximate surface area is 356 Å². The summed E-state index contributed by atoms with van der Waals surface area (Å²) in [5.74, 6) is 0.686. The van der Waals surface area contributed by atoms with Gasteiger partial charge in [0.1, 0.15) is 5.69 Å². The van der Waals surface area contributed by atoms with Crippen molar-refractivity contribution in [1.82, 2.24) is 24.0 Å². The molecule has 0 atom stereocenters. The summed E-state index contributed by atoms with van der Waals surface area (Å²) in [6, 6.07) is 75.3. The first-order valence-corrected chi connectivity index (χ1v) is 21.0. The molecule has 0 unspecified atom stereocenters. The maximum Gasteiger partial charge on any atom is 0.160 e. The van der Waals surface area contributed by atoms with E-state index in [-0.39, 0.29) is 0 Å². The van der Waals surface area contributed by atoms with E-state index in [9.17, 15) is 0 Å². The van der Waals surface area contributed by atoms with Gasteiger partial charge in [0, 0.05) is 60.3 Å². The van der Waals surface area contributed by atoms with Gasteiger partial charge in [-0.15, -0.1) is 0 Å². The average molecular weight is 790 g/mol. The SMILES string of the molecule is c1ccc(-c2cc(-c3cccc(-c4cc5ccccc5c5c(-c6ccccc6)c(-c6ccccc6)nn45)c3)nc(-c3cc4c5ccccc5n5c6ccccc6c(c3)c45)n2)cc1. The van der Waals surface area contributed by atoms with Gasteiger partial charge in [-0.1, -0.05) is 170 Å². The molecule has 0 N–H and O–H groups in total. The van der Waals surface area contributed by atoms with E-state index < -0.39 is 0 Å². The second kappa shape index (κ2) is 13.6. The lowest BCUT2D eigenvalue weighted by atomic mass is 9.96. The van der Waals surface area contributed by atoms with Crippen LogP contribution in [-0.4, -0.2) is 24.0 Å². The molecule has 0 spiro atoms. The van der Waals surface area contributed by atoms with E-state index in [2.05, 4.69) is 215 Å². The lowest BCUT2D eigenvalue weighted by Crippen LogP contribution is -1.98. The Morgan fingerprint density at radius 3 is 1.55 bits per heavy atom. The molecule has 0 saturated carbocycles. The summed E-state index contributed by atoms with van der Waals surface area (Å²) in [6.07, 6.45) is 0. The van der Waals surface area contributed by atoms with Crippen molar-refractivity contribution in [1.29, 1.82) is 0 Å². The summed E-state index contributed by atoms with van der Waals surface area (Å²) in [7, 11) is 0. The van der Waals surface area contributed by atoms with Gasteiger partial charge >= 0.3 is 0 Å². The molecule has 0 aliphatic heterocycles. The van der Waals surface area contributed by atoms with E-state index in [1.54, 1.807) is 0 Å². The number of fused-ring (bicyclic) bond motifs is 9. The summed E-state index contributed by atoms with van der Waals surface area (Å²) in [4.78, 5) is 10.7.